The Morgan fingerprint density at radius 3 is 2.78 bits per heavy atom. The van der Waals surface area contributed by atoms with Gasteiger partial charge in [0.1, 0.15) is 0 Å². The Morgan fingerprint density at radius 2 is 2.11 bits per heavy atom. The number of benzene rings is 1. The third kappa shape index (κ3) is 2.78. The molecule has 2 rings (SSSR count). The van der Waals surface area contributed by atoms with Crippen LogP contribution in [-0.4, -0.2) is 12.5 Å². The van der Waals surface area contributed by atoms with Crippen molar-refractivity contribution in [2.45, 2.75) is 33.1 Å². The van der Waals surface area contributed by atoms with Crippen molar-refractivity contribution in [3.8, 4) is 0 Å². The lowest BCUT2D eigenvalue weighted by molar-refractivity contribution is -0.115. The van der Waals surface area contributed by atoms with E-state index in [0.29, 0.717) is 17.4 Å². The van der Waals surface area contributed by atoms with Gasteiger partial charge in [0, 0.05) is 12.2 Å². The topological polar surface area (TPSA) is 41.1 Å². The maximum atomic E-state index is 11.3. The first-order valence-electron chi connectivity index (χ1n) is 6.50. The molecular formula is C14H19ClN2O. The van der Waals surface area contributed by atoms with Gasteiger partial charge in [-0.3, -0.25) is 4.79 Å². The van der Waals surface area contributed by atoms with Crippen LogP contribution in [0.3, 0.4) is 0 Å². The molecule has 0 aromatic heterocycles. The van der Waals surface area contributed by atoms with Gasteiger partial charge in [-0.25, -0.2) is 0 Å². The van der Waals surface area contributed by atoms with Gasteiger partial charge < -0.3 is 10.6 Å². The molecular weight excluding hydrogens is 248 g/mol. The molecule has 1 aliphatic heterocycles. The van der Waals surface area contributed by atoms with Crippen LogP contribution in [-0.2, 0) is 11.2 Å². The summed E-state index contributed by atoms with van der Waals surface area (Å²) in [5.74, 6) is 0.701. The lowest BCUT2D eigenvalue weighted by atomic mass is 10.0. The smallest absolute Gasteiger partial charge is 0.228 e. The van der Waals surface area contributed by atoms with Crippen LogP contribution in [0.2, 0.25) is 5.02 Å². The van der Waals surface area contributed by atoms with Crippen molar-refractivity contribution in [1.82, 2.24) is 0 Å². The third-order valence-electron chi connectivity index (χ3n) is 3.55. The van der Waals surface area contributed by atoms with Crippen molar-refractivity contribution >= 4 is 28.9 Å². The normalized spacial score (nSPS) is 13.7. The summed E-state index contributed by atoms with van der Waals surface area (Å²) >= 11 is 6.21. The number of hydrogen-bond acceptors (Lipinski definition) is 2. The average molecular weight is 267 g/mol. The molecule has 2 N–H and O–H groups in total. The highest BCUT2D eigenvalue weighted by molar-refractivity contribution is 6.33. The molecule has 0 atom stereocenters. The highest BCUT2D eigenvalue weighted by Crippen LogP contribution is 2.33. The molecule has 18 heavy (non-hydrogen) atoms. The first-order valence-corrected chi connectivity index (χ1v) is 6.88. The molecule has 98 valence electrons. The second-order valence-electron chi connectivity index (χ2n) is 4.78. The molecule has 0 fully saturated rings. The summed E-state index contributed by atoms with van der Waals surface area (Å²) in [7, 11) is 0. The summed E-state index contributed by atoms with van der Waals surface area (Å²) in [6.45, 7) is 5.32. The second kappa shape index (κ2) is 5.61. The molecule has 0 radical (unpaired) electrons. The predicted octanol–water partition coefficient (Wildman–Crippen LogP) is 3.68. The number of hydrogen-bond donors (Lipinski definition) is 2. The highest BCUT2D eigenvalue weighted by atomic mass is 35.5. The number of carbonyl (C=O) groups excluding carboxylic acids is 1. The number of halogens is 1. The van der Waals surface area contributed by atoms with Crippen molar-refractivity contribution in [3.63, 3.8) is 0 Å². The number of nitrogens with one attached hydrogen (secondary N) is 2. The van der Waals surface area contributed by atoms with Crippen LogP contribution in [0.1, 0.15) is 32.3 Å². The lowest BCUT2D eigenvalue weighted by Gasteiger charge is -2.16. The molecule has 1 aliphatic rings. The maximum absolute atomic E-state index is 11.3. The number of rotatable bonds is 5. The third-order valence-corrected chi connectivity index (χ3v) is 3.87. The molecule has 1 aromatic carbocycles. The zero-order valence-electron chi connectivity index (χ0n) is 10.8. The molecule has 1 heterocycles. The van der Waals surface area contributed by atoms with E-state index in [-0.39, 0.29) is 5.91 Å². The minimum atomic E-state index is 0.0400. The van der Waals surface area contributed by atoms with Crippen molar-refractivity contribution in [2.24, 2.45) is 5.92 Å². The molecule has 0 aliphatic carbocycles. The Kier molecular flexibility index (Phi) is 4.12. The molecule has 4 heteroatoms. The van der Waals surface area contributed by atoms with Gasteiger partial charge in [-0.05, 0) is 23.6 Å². The fourth-order valence-corrected chi connectivity index (χ4v) is 2.45. The standard InChI is InChI=1S/C14H19ClN2O/c1-3-9(4-2)8-16-13-5-10-6-14(18)17-12(10)7-11(13)15/h5,7,9,16H,3-4,6,8H2,1-2H3,(H,17,18). The van der Waals surface area contributed by atoms with Gasteiger partial charge in [-0.15, -0.1) is 0 Å². The molecule has 0 saturated carbocycles. The zero-order chi connectivity index (χ0) is 13.1. The fourth-order valence-electron chi connectivity index (χ4n) is 2.22. The number of fused-ring (bicyclic) bond motifs is 1. The molecule has 0 unspecified atom stereocenters. The Morgan fingerprint density at radius 1 is 1.39 bits per heavy atom. The molecule has 0 spiro atoms. The average Bonchev–Trinajstić information content (AvgIpc) is 2.69. The zero-order valence-corrected chi connectivity index (χ0v) is 11.6. The van der Waals surface area contributed by atoms with E-state index in [9.17, 15) is 4.79 Å². The monoisotopic (exact) mass is 266 g/mol. The van der Waals surface area contributed by atoms with E-state index < -0.39 is 0 Å². The quantitative estimate of drug-likeness (QED) is 0.854. The largest absolute Gasteiger partial charge is 0.384 e. The van der Waals surface area contributed by atoms with Crippen LogP contribution in [0, 0.1) is 5.92 Å². The summed E-state index contributed by atoms with van der Waals surface area (Å²) < 4.78 is 0. The maximum Gasteiger partial charge on any atom is 0.228 e. The summed E-state index contributed by atoms with van der Waals surface area (Å²) in [5.41, 5.74) is 2.80. The van der Waals surface area contributed by atoms with Gasteiger partial charge in [0.2, 0.25) is 5.91 Å². The first-order chi connectivity index (χ1) is 8.63. The molecule has 0 bridgehead atoms. The van der Waals surface area contributed by atoms with E-state index in [1.54, 1.807) is 0 Å². The van der Waals surface area contributed by atoms with Gasteiger partial charge in [-0.1, -0.05) is 38.3 Å². The first kappa shape index (κ1) is 13.2. The Bertz CT molecular complexity index is 455. The minimum Gasteiger partial charge on any atom is -0.384 e. The van der Waals surface area contributed by atoms with Crippen molar-refractivity contribution in [3.05, 3.63) is 22.7 Å². The van der Waals surface area contributed by atoms with Crippen LogP contribution in [0.5, 0.6) is 0 Å². The second-order valence-corrected chi connectivity index (χ2v) is 5.18. The SMILES string of the molecule is CCC(CC)CNc1cc2c(cc1Cl)NC(=O)C2. The van der Waals surface area contributed by atoms with Gasteiger partial charge in [0.15, 0.2) is 0 Å². The van der Waals surface area contributed by atoms with Crippen molar-refractivity contribution in [1.29, 1.82) is 0 Å². The van der Waals surface area contributed by atoms with E-state index in [2.05, 4.69) is 24.5 Å². The van der Waals surface area contributed by atoms with E-state index in [1.165, 1.54) is 0 Å². The van der Waals surface area contributed by atoms with Gasteiger partial charge >= 0.3 is 0 Å². The summed E-state index contributed by atoms with van der Waals surface area (Å²) in [5, 5.41) is 6.86. The van der Waals surface area contributed by atoms with Crippen LogP contribution < -0.4 is 10.6 Å². The Hall–Kier alpha value is -1.22. The predicted molar refractivity (Wildman–Crippen MR) is 76.3 cm³/mol. The molecule has 1 amide bonds. The van der Waals surface area contributed by atoms with Crippen LogP contribution in [0.25, 0.3) is 0 Å². The van der Waals surface area contributed by atoms with Crippen molar-refractivity contribution in [2.75, 3.05) is 17.2 Å². The minimum absolute atomic E-state index is 0.0400. The van der Waals surface area contributed by atoms with E-state index in [0.717, 1.165) is 36.3 Å². The van der Waals surface area contributed by atoms with E-state index in [1.807, 2.05) is 12.1 Å². The summed E-state index contributed by atoms with van der Waals surface area (Å²) in [6, 6.07) is 3.81. The lowest BCUT2D eigenvalue weighted by Crippen LogP contribution is -2.13. The number of anilines is 2. The van der Waals surface area contributed by atoms with Gasteiger partial charge in [0.25, 0.3) is 0 Å². The van der Waals surface area contributed by atoms with Gasteiger partial charge in [0.05, 0.1) is 17.1 Å². The number of amides is 1. The van der Waals surface area contributed by atoms with Crippen molar-refractivity contribution < 1.29 is 4.79 Å². The Labute approximate surface area is 113 Å². The summed E-state index contributed by atoms with van der Waals surface area (Å²) in [6.07, 6.45) is 2.77. The summed E-state index contributed by atoms with van der Waals surface area (Å²) in [4.78, 5) is 11.3. The Balaban J connectivity index is 2.10. The molecule has 3 nitrogen and oxygen atoms in total. The van der Waals surface area contributed by atoms with E-state index in [4.69, 9.17) is 11.6 Å². The molecule has 1 aromatic rings. The van der Waals surface area contributed by atoms with Crippen LogP contribution in [0.15, 0.2) is 12.1 Å². The number of carbonyl (C=O) groups is 1. The van der Waals surface area contributed by atoms with E-state index >= 15 is 0 Å². The van der Waals surface area contributed by atoms with Gasteiger partial charge in [-0.2, -0.15) is 0 Å². The highest BCUT2D eigenvalue weighted by Gasteiger charge is 2.19. The fraction of sp³-hybridized carbons (Fsp3) is 0.500. The van der Waals surface area contributed by atoms with Crippen LogP contribution in [0.4, 0.5) is 11.4 Å². The molecule has 0 saturated heterocycles. The van der Waals surface area contributed by atoms with Crippen LogP contribution >= 0.6 is 11.6 Å².